The van der Waals surface area contributed by atoms with Crippen molar-refractivity contribution in [3.05, 3.63) is 33.8 Å². The summed E-state index contributed by atoms with van der Waals surface area (Å²) in [5.74, 6) is -1.50. The van der Waals surface area contributed by atoms with Crippen LogP contribution in [-0.4, -0.2) is 17.8 Å². The van der Waals surface area contributed by atoms with Crippen LogP contribution in [0.15, 0.2) is 16.6 Å². The van der Waals surface area contributed by atoms with Crippen LogP contribution in [-0.2, 0) is 4.74 Å². The van der Waals surface area contributed by atoms with Crippen LogP contribution in [0.5, 0.6) is 0 Å². The first-order chi connectivity index (χ1) is 8.11. The molecular formula is C12H13BrF2O2. The summed E-state index contributed by atoms with van der Waals surface area (Å²) in [6, 6.07) is 2.41. The predicted molar refractivity (Wildman–Crippen MR) is 62.6 cm³/mol. The summed E-state index contributed by atoms with van der Waals surface area (Å²) in [7, 11) is 0. The van der Waals surface area contributed by atoms with Crippen molar-refractivity contribution in [2.24, 2.45) is 0 Å². The van der Waals surface area contributed by atoms with E-state index in [-0.39, 0.29) is 10.0 Å². The maximum Gasteiger partial charge on any atom is 0.146 e. The number of rotatable bonds is 2. The van der Waals surface area contributed by atoms with Gasteiger partial charge in [-0.3, -0.25) is 0 Å². The second-order valence-electron chi connectivity index (χ2n) is 4.11. The van der Waals surface area contributed by atoms with Crippen LogP contribution in [0.3, 0.4) is 0 Å². The molecular weight excluding hydrogens is 294 g/mol. The van der Waals surface area contributed by atoms with E-state index < -0.39 is 23.8 Å². The van der Waals surface area contributed by atoms with Crippen LogP contribution in [0.25, 0.3) is 0 Å². The number of aliphatic hydroxyl groups excluding tert-OH is 1. The molecule has 2 rings (SSSR count). The summed E-state index contributed by atoms with van der Waals surface area (Å²) in [4.78, 5) is 0. The van der Waals surface area contributed by atoms with Crippen molar-refractivity contribution >= 4 is 15.9 Å². The number of aliphatic hydroxyl groups is 1. The molecule has 0 aromatic heterocycles. The third-order valence-corrected chi connectivity index (χ3v) is 3.55. The fourth-order valence-corrected chi connectivity index (χ4v) is 2.36. The van der Waals surface area contributed by atoms with Gasteiger partial charge in [0.05, 0.1) is 16.1 Å². The molecule has 1 fully saturated rings. The average Bonchev–Trinajstić information content (AvgIpc) is 2.35. The first kappa shape index (κ1) is 12.9. The Morgan fingerprint density at radius 1 is 1.35 bits per heavy atom. The van der Waals surface area contributed by atoms with Crippen LogP contribution in [0.2, 0.25) is 0 Å². The first-order valence-corrected chi connectivity index (χ1v) is 6.33. The van der Waals surface area contributed by atoms with E-state index in [4.69, 9.17) is 4.74 Å². The van der Waals surface area contributed by atoms with E-state index in [1.54, 1.807) is 0 Å². The Bertz CT molecular complexity index is 406. The second-order valence-corrected chi connectivity index (χ2v) is 4.96. The third-order valence-electron chi connectivity index (χ3n) is 2.94. The molecule has 0 amide bonds. The molecule has 0 saturated carbocycles. The molecule has 0 bridgehead atoms. The van der Waals surface area contributed by atoms with Gasteiger partial charge in [-0.1, -0.05) is 0 Å². The highest BCUT2D eigenvalue weighted by Gasteiger charge is 2.29. The molecule has 1 N–H and O–H groups in total. The van der Waals surface area contributed by atoms with Gasteiger partial charge < -0.3 is 9.84 Å². The summed E-state index contributed by atoms with van der Waals surface area (Å²) < 4.78 is 32.8. The van der Waals surface area contributed by atoms with E-state index in [1.165, 1.54) is 6.07 Å². The van der Waals surface area contributed by atoms with Crippen molar-refractivity contribution < 1.29 is 18.6 Å². The van der Waals surface area contributed by atoms with E-state index >= 15 is 0 Å². The zero-order valence-corrected chi connectivity index (χ0v) is 10.7. The van der Waals surface area contributed by atoms with Crippen molar-refractivity contribution in [3.63, 3.8) is 0 Å². The molecule has 1 aromatic carbocycles. The molecule has 94 valence electrons. The van der Waals surface area contributed by atoms with Crippen molar-refractivity contribution in [2.45, 2.75) is 31.5 Å². The van der Waals surface area contributed by atoms with Gasteiger partial charge in [-0.25, -0.2) is 8.78 Å². The Hall–Kier alpha value is -0.520. The first-order valence-electron chi connectivity index (χ1n) is 5.54. The number of benzene rings is 1. The number of ether oxygens (including phenoxy) is 1. The standard InChI is InChI=1S/C12H13BrF2O2/c13-7-4-5-8(14)10(11(7)15)12(16)9-3-1-2-6-17-9/h4-5,9,12,16H,1-3,6H2. The Labute approximate surface area is 107 Å². The van der Waals surface area contributed by atoms with E-state index in [0.29, 0.717) is 13.0 Å². The Morgan fingerprint density at radius 2 is 2.12 bits per heavy atom. The monoisotopic (exact) mass is 306 g/mol. The molecule has 0 radical (unpaired) electrons. The summed E-state index contributed by atoms with van der Waals surface area (Å²) in [6.07, 6.45) is 0.660. The molecule has 2 unspecified atom stereocenters. The quantitative estimate of drug-likeness (QED) is 0.849. The highest BCUT2D eigenvalue weighted by atomic mass is 79.9. The van der Waals surface area contributed by atoms with Crippen molar-refractivity contribution in [3.8, 4) is 0 Å². The zero-order chi connectivity index (χ0) is 12.4. The van der Waals surface area contributed by atoms with Gasteiger partial charge in [-0.2, -0.15) is 0 Å². The maximum atomic E-state index is 13.8. The largest absolute Gasteiger partial charge is 0.385 e. The van der Waals surface area contributed by atoms with Crippen LogP contribution in [0, 0.1) is 11.6 Å². The molecule has 17 heavy (non-hydrogen) atoms. The molecule has 1 heterocycles. The SMILES string of the molecule is OC(c1c(F)ccc(Br)c1F)C1CCCCO1. The van der Waals surface area contributed by atoms with Gasteiger partial charge in [-0.05, 0) is 47.3 Å². The summed E-state index contributed by atoms with van der Waals surface area (Å²) in [5, 5.41) is 10.0. The Balaban J connectivity index is 2.29. The van der Waals surface area contributed by atoms with Crippen molar-refractivity contribution in [1.82, 2.24) is 0 Å². The summed E-state index contributed by atoms with van der Waals surface area (Å²) in [6.45, 7) is 0.527. The topological polar surface area (TPSA) is 29.5 Å². The molecule has 1 aromatic rings. The summed E-state index contributed by atoms with van der Waals surface area (Å²) in [5.41, 5.74) is -0.314. The summed E-state index contributed by atoms with van der Waals surface area (Å²) >= 11 is 2.98. The van der Waals surface area contributed by atoms with Crippen LogP contribution >= 0.6 is 15.9 Å². The minimum Gasteiger partial charge on any atom is -0.385 e. The Kier molecular flexibility index (Phi) is 4.12. The normalized spacial score (nSPS) is 22.5. The van der Waals surface area contributed by atoms with Gasteiger partial charge in [0.2, 0.25) is 0 Å². The smallest absolute Gasteiger partial charge is 0.146 e. The molecule has 1 aliphatic rings. The number of halogens is 3. The van der Waals surface area contributed by atoms with Gasteiger partial charge in [0.1, 0.15) is 17.7 Å². The molecule has 5 heteroatoms. The fourth-order valence-electron chi connectivity index (χ4n) is 2.01. The van der Waals surface area contributed by atoms with Crippen LogP contribution in [0.4, 0.5) is 8.78 Å². The lowest BCUT2D eigenvalue weighted by molar-refractivity contribution is -0.0656. The molecule has 1 saturated heterocycles. The van der Waals surface area contributed by atoms with Crippen molar-refractivity contribution in [1.29, 1.82) is 0 Å². The molecule has 2 atom stereocenters. The molecule has 1 aliphatic heterocycles. The van der Waals surface area contributed by atoms with E-state index in [1.807, 2.05) is 0 Å². The average molecular weight is 307 g/mol. The lowest BCUT2D eigenvalue weighted by Crippen LogP contribution is -2.27. The van der Waals surface area contributed by atoms with Gasteiger partial charge >= 0.3 is 0 Å². The van der Waals surface area contributed by atoms with E-state index in [9.17, 15) is 13.9 Å². The van der Waals surface area contributed by atoms with E-state index in [0.717, 1.165) is 18.9 Å². The van der Waals surface area contributed by atoms with Gasteiger partial charge in [0.15, 0.2) is 0 Å². The Morgan fingerprint density at radius 3 is 2.76 bits per heavy atom. The van der Waals surface area contributed by atoms with E-state index in [2.05, 4.69) is 15.9 Å². The lowest BCUT2D eigenvalue weighted by atomic mass is 9.97. The fraction of sp³-hybridized carbons (Fsp3) is 0.500. The molecule has 0 spiro atoms. The number of hydrogen-bond donors (Lipinski definition) is 1. The van der Waals surface area contributed by atoms with Crippen LogP contribution in [0.1, 0.15) is 30.9 Å². The van der Waals surface area contributed by atoms with Crippen LogP contribution < -0.4 is 0 Å². The minimum atomic E-state index is -1.26. The number of hydrogen-bond acceptors (Lipinski definition) is 2. The lowest BCUT2D eigenvalue weighted by Gasteiger charge is -2.27. The minimum absolute atomic E-state index is 0.142. The highest BCUT2D eigenvalue weighted by molar-refractivity contribution is 9.10. The predicted octanol–water partition coefficient (Wildman–Crippen LogP) is 3.33. The molecule has 2 nitrogen and oxygen atoms in total. The van der Waals surface area contributed by atoms with Gasteiger partial charge in [-0.15, -0.1) is 0 Å². The van der Waals surface area contributed by atoms with Gasteiger partial charge in [0.25, 0.3) is 0 Å². The van der Waals surface area contributed by atoms with Crippen molar-refractivity contribution in [2.75, 3.05) is 6.61 Å². The zero-order valence-electron chi connectivity index (χ0n) is 9.13. The second kappa shape index (κ2) is 5.42. The highest BCUT2D eigenvalue weighted by Crippen LogP contribution is 2.32. The third kappa shape index (κ3) is 2.67. The van der Waals surface area contributed by atoms with Gasteiger partial charge in [0, 0.05) is 6.61 Å². The maximum absolute atomic E-state index is 13.8. The molecule has 0 aliphatic carbocycles.